The van der Waals surface area contributed by atoms with E-state index < -0.39 is 6.10 Å². The number of rotatable bonds is 40. The zero-order valence-corrected chi connectivity index (χ0v) is 35.4. The topological polar surface area (TPSA) is 78.9 Å². The molecule has 0 rings (SSSR count). The van der Waals surface area contributed by atoms with Gasteiger partial charge in [-0.05, 0) is 31.1 Å². The molecule has 0 aromatic carbocycles. The Balaban J connectivity index is 4.32. The van der Waals surface area contributed by atoms with Crippen molar-refractivity contribution in [2.45, 2.75) is 253 Å². The second kappa shape index (κ2) is 39.1. The molecule has 0 aromatic heterocycles. The molecule has 2 atom stereocenters. The van der Waals surface area contributed by atoms with E-state index in [9.17, 15) is 14.4 Å². The first-order valence-electron chi connectivity index (χ1n) is 22.8. The van der Waals surface area contributed by atoms with Gasteiger partial charge in [0.2, 0.25) is 0 Å². The maximum absolute atomic E-state index is 12.7. The Morgan fingerprint density at radius 1 is 0.404 bits per heavy atom. The molecule has 0 aromatic rings. The Morgan fingerprint density at radius 2 is 0.731 bits per heavy atom. The van der Waals surface area contributed by atoms with E-state index in [-0.39, 0.29) is 31.1 Å². The molecule has 0 saturated heterocycles. The first-order valence-corrected chi connectivity index (χ1v) is 22.8. The molecule has 0 spiro atoms. The summed E-state index contributed by atoms with van der Waals surface area (Å²) in [6, 6.07) is 0. The Kier molecular flexibility index (Phi) is 37.9. The largest absolute Gasteiger partial charge is 0.462 e. The summed E-state index contributed by atoms with van der Waals surface area (Å²) in [5, 5.41) is 0. The second-order valence-corrected chi connectivity index (χ2v) is 16.4. The standard InChI is InChI=1S/C46H88O6/c1-6-8-9-10-11-12-16-22-28-33-38-46(49)52-43(40-51-45(48)37-32-27-23-18-19-24-29-34-41(3)4)39-50-44(47)36-31-26-21-17-14-13-15-20-25-30-35-42(5)7-2/h41-43H,6-40H2,1-5H3/t42?,43-/m0/s1. The van der Waals surface area contributed by atoms with Crippen LogP contribution in [0.2, 0.25) is 0 Å². The third kappa shape index (κ3) is 38.1. The highest BCUT2D eigenvalue weighted by molar-refractivity contribution is 5.71. The zero-order chi connectivity index (χ0) is 38.3. The van der Waals surface area contributed by atoms with E-state index in [4.69, 9.17) is 14.2 Å². The molecular formula is C46H88O6. The van der Waals surface area contributed by atoms with Gasteiger partial charge in [-0.25, -0.2) is 0 Å². The van der Waals surface area contributed by atoms with Gasteiger partial charge in [0.05, 0.1) is 0 Å². The van der Waals surface area contributed by atoms with Crippen molar-refractivity contribution in [3.8, 4) is 0 Å². The molecule has 0 heterocycles. The van der Waals surface area contributed by atoms with Crippen molar-refractivity contribution in [2.24, 2.45) is 11.8 Å². The van der Waals surface area contributed by atoms with E-state index in [0.717, 1.165) is 69.6 Å². The Labute approximate surface area is 323 Å². The molecule has 6 nitrogen and oxygen atoms in total. The van der Waals surface area contributed by atoms with Crippen LogP contribution in [0.15, 0.2) is 0 Å². The van der Waals surface area contributed by atoms with E-state index >= 15 is 0 Å². The van der Waals surface area contributed by atoms with Gasteiger partial charge in [-0.15, -0.1) is 0 Å². The summed E-state index contributed by atoms with van der Waals surface area (Å²) in [5.41, 5.74) is 0. The normalized spacial score (nSPS) is 12.6. The maximum Gasteiger partial charge on any atom is 0.306 e. The van der Waals surface area contributed by atoms with Gasteiger partial charge in [0, 0.05) is 19.3 Å². The van der Waals surface area contributed by atoms with Crippen LogP contribution in [0.1, 0.15) is 247 Å². The van der Waals surface area contributed by atoms with Crippen LogP contribution in [0.4, 0.5) is 0 Å². The number of esters is 3. The van der Waals surface area contributed by atoms with Crippen molar-refractivity contribution < 1.29 is 28.6 Å². The van der Waals surface area contributed by atoms with E-state index in [1.807, 2.05) is 0 Å². The summed E-state index contributed by atoms with van der Waals surface area (Å²) in [4.78, 5) is 37.6. The molecule has 1 unspecified atom stereocenters. The average molecular weight is 737 g/mol. The third-order valence-corrected chi connectivity index (χ3v) is 10.6. The summed E-state index contributed by atoms with van der Waals surface area (Å²) in [6.07, 6.45) is 36.6. The highest BCUT2D eigenvalue weighted by Gasteiger charge is 2.19. The molecule has 0 bridgehead atoms. The fourth-order valence-electron chi connectivity index (χ4n) is 6.72. The maximum atomic E-state index is 12.7. The Morgan fingerprint density at radius 3 is 1.10 bits per heavy atom. The van der Waals surface area contributed by atoms with Crippen molar-refractivity contribution in [3.63, 3.8) is 0 Å². The van der Waals surface area contributed by atoms with Gasteiger partial charge in [0.25, 0.3) is 0 Å². The monoisotopic (exact) mass is 737 g/mol. The number of carbonyl (C=O) groups excluding carboxylic acids is 3. The van der Waals surface area contributed by atoms with Crippen molar-refractivity contribution in [1.29, 1.82) is 0 Å². The SMILES string of the molecule is CCCCCCCCCCCCC(=O)O[C@@H](COC(=O)CCCCCCCCCCCCC(C)CC)COC(=O)CCCCCCCCCC(C)C. The summed E-state index contributed by atoms with van der Waals surface area (Å²) in [7, 11) is 0. The lowest BCUT2D eigenvalue weighted by molar-refractivity contribution is -0.167. The molecule has 0 amide bonds. The number of carbonyl (C=O) groups is 3. The van der Waals surface area contributed by atoms with Gasteiger partial charge in [-0.1, -0.05) is 208 Å². The minimum atomic E-state index is -0.760. The number of unbranched alkanes of at least 4 members (excludes halogenated alkanes) is 24. The number of ether oxygens (including phenoxy) is 3. The lowest BCUT2D eigenvalue weighted by atomic mass is 9.99. The zero-order valence-electron chi connectivity index (χ0n) is 35.4. The molecule has 0 radical (unpaired) electrons. The first kappa shape index (κ1) is 50.4. The van der Waals surface area contributed by atoms with Crippen molar-refractivity contribution in [2.75, 3.05) is 13.2 Å². The number of hydrogen-bond donors (Lipinski definition) is 0. The predicted octanol–water partition coefficient (Wildman–Crippen LogP) is 14.2. The van der Waals surface area contributed by atoms with Crippen LogP contribution in [-0.2, 0) is 28.6 Å². The third-order valence-electron chi connectivity index (χ3n) is 10.6. The smallest absolute Gasteiger partial charge is 0.306 e. The molecule has 0 N–H and O–H groups in total. The molecule has 6 heteroatoms. The first-order chi connectivity index (χ1) is 25.3. The van der Waals surface area contributed by atoms with Crippen LogP contribution >= 0.6 is 0 Å². The lowest BCUT2D eigenvalue weighted by Gasteiger charge is -2.18. The Hall–Kier alpha value is -1.59. The molecule has 0 aliphatic carbocycles. The van der Waals surface area contributed by atoms with E-state index in [2.05, 4.69) is 34.6 Å². The highest BCUT2D eigenvalue weighted by Crippen LogP contribution is 2.17. The summed E-state index contributed by atoms with van der Waals surface area (Å²) in [5.74, 6) is 0.790. The van der Waals surface area contributed by atoms with E-state index in [1.54, 1.807) is 0 Å². The number of hydrogen-bond acceptors (Lipinski definition) is 6. The van der Waals surface area contributed by atoms with Gasteiger partial charge in [0.15, 0.2) is 6.10 Å². The van der Waals surface area contributed by atoms with Crippen LogP contribution in [0, 0.1) is 11.8 Å². The second-order valence-electron chi connectivity index (χ2n) is 16.4. The van der Waals surface area contributed by atoms with Gasteiger partial charge < -0.3 is 14.2 Å². The molecule has 0 aliphatic rings. The van der Waals surface area contributed by atoms with Gasteiger partial charge in [0.1, 0.15) is 13.2 Å². The van der Waals surface area contributed by atoms with E-state index in [0.29, 0.717) is 19.3 Å². The van der Waals surface area contributed by atoms with Crippen LogP contribution in [0.5, 0.6) is 0 Å². The summed E-state index contributed by atoms with van der Waals surface area (Å²) in [6.45, 7) is 11.3. The van der Waals surface area contributed by atoms with Crippen LogP contribution in [0.3, 0.4) is 0 Å². The molecule has 0 aliphatic heterocycles. The van der Waals surface area contributed by atoms with Crippen LogP contribution in [-0.4, -0.2) is 37.2 Å². The van der Waals surface area contributed by atoms with Gasteiger partial charge in [-0.2, -0.15) is 0 Å². The summed E-state index contributed by atoms with van der Waals surface area (Å²) >= 11 is 0. The van der Waals surface area contributed by atoms with Crippen molar-refractivity contribution >= 4 is 17.9 Å². The fraction of sp³-hybridized carbons (Fsp3) is 0.935. The molecule has 0 saturated carbocycles. The Bertz CT molecular complexity index is 796. The van der Waals surface area contributed by atoms with Gasteiger partial charge >= 0.3 is 17.9 Å². The van der Waals surface area contributed by atoms with Crippen molar-refractivity contribution in [1.82, 2.24) is 0 Å². The molecular weight excluding hydrogens is 649 g/mol. The molecule has 0 fully saturated rings. The predicted molar refractivity (Wildman–Crippen MR) is 220 cm³/mol. The van der Waals surface area contributed by atoms with Crippen LogP contribution < -0.4 is 0 Å². The van der Waals surface area contributed by atoms with E-state index in [1.165, 1.54) is 135 Å². The van der Waals surface area contributed by atoms with Crippen molar-refractivity contribution in [3.05, 3.63) is 0 Å². The fourth-order valence-corrected chi connectivity index (χ4v) is 6.72. The quantitative estimate of drug-likeness (QED) is 0.0354. The molecule has 52 heavy (non-hydrogen) atoms. The highest BCUT2D eigenvalue weighted by atomic mass is 16.6. The molecule has 308 valence electrons. The summed E-state index contributed by atoms with van der Waals surface area (Å²) < 4.78 is 16.7. The lowest BCUT2D eigenvalue weighted by Crippen LogP contribution is -2.30. The average Bonchev–Trinajstić information content (AvgIpc) is 3.12. The van der Waals surface area contributed by atoms with Crippen LogP contribution in [0.25, 0.3) is 0 Å². The minimum Gasteiger partial charge on any atom is -0.462 e. The minimum absolute atomic E-state index is 0.0654. The van der Waals surface area contributed by atoms with Gasteiger partial charge in [-0.3, -0.25) is 14.4 Å².